The van der Waals surface area contributed by atoms with Gasteiger partial charge in [-0.05, 0) is 55.4 Å². The molecule has 3 fully saturated rings. The summed E-state index contributed by atoms with van der Waals surface area (Å²) < 4.78 is 46.5. The molecule has 2 aromatic carbocycles. The first-order chi connectivity index (χ1) is 17.3. The molecule has 2 aliphatic heterocycles. The molecule has 9 heteroatoms. The number of hydrogen-bond donors (Lipinski definition) is 1. The van der Waals surface area contributed by atoms with Gasteiger partial charge in [-0.25, -0.2) is 0 Å². The molecule has 1 aromatic heterocycles. The predicted molar refractivity (Wildman–Crippen MR) is 128 cm³/mol. The van der Waals surface area contributed by atoms with Gasteiger partial charge >= 0.3 is 6.18 Å². The average Bonchev–Trinajstić information content (AvgIpc) is 3.58. The Hall–Kier alpha value is -2.91. The topological polar surface area (TPSA) is 59.4 Å². The Morgan fingerprint density at radius 2 is 1.72 bits per heavy atom. The number of piperidine rings is 1. The first-order valence-electron chi connectivity index (χ1n) is 12.6. The first-order valence-corrected chi connectivity index (χ1v) is 12.6. The largest absolute Gasteiger partial charge is 0.416 e. The zero-order chi connectivity index (χ0) is 24.9. The van der Waals surface area contributed by atoms with Gasteiger partial charge in [-0.15, -0.1) is 0 Å². The van der Waals surface area contributed by atoms with Crippen molar-refractivity contribution >= 4 is 16.8 Å². The summed E-state index contributed by atoms with van der Waals surface area (Å²) in [4.78, 5) is 15.6. The van der Waals surface area contributed by atoms with Crippen LogP contribution in [-0.2, 0) is 24.0 Å². The smallest absolute Gasteiger partial charge is 0.378 e. The van der Waals surface area contributed by atoms with Crippen molar-refractivity contribution in [3.05, 3.63) is 65.4 Å². The van der Waals surface area contributed by atoms with Gasteiger partial charge in [0, 0.05) is 36.6 Å². The van der Waals surface area contributed by atoms with Crippen LogP contribution in [0.5, 0.6) is 0 Å². The van der Waals surface area contributed by atoms with Crippen LogP contribution in [0, 0.1) is 5.92 Å². The summed E-state index contributed by atoms with van der Waals surface area (Å²) in [5.74, 6) is 0.499. The second kappa shape index (κ2) is 9.19. The number of rotatable bonds is 6. The molecule has 1 saturated carbocycles. The zero-order valence-corrected chi connectivity index (χ0v) is 19.9. The second-order valence-electron chi connectivity index (χ2n) is 10.3. The van der Waals surface area contributed by atoms with Crippen LogP contribution in [0.1, 0.15) is 47.3 Å². The lowest BCUT2D eigenvalue weighted by molar-refractivity contribution is -0.137. The molecule has 190 valence electrons. The van der Waals surface area contributed by atoms with E-state index in [4.69, 9.17) is 9.84 Å². The third-order valence-corrected chi connectivity index (χ3v) is 7.65. The van der Waals surface area contributed by atoms with E-state index in [1.807, 2.05) is 28.9 Å². The van der Waals surface area contributed by atoms with Crippen LogP contribution in [0.15, 0.2) is 48.5 Å². The van der Waals surface area contributed by atoms with E-state index >= 15 is 0 Å². The number of nitrogens with one attached hydrogen (secondary N) is 1. The number of amides is 1. The number of aromatic nitrogens is 2. The maximum absolute atomic E-state index is 13.3. The highest BCUT2D eigenvalue weighted by molar-refractivity contribution is 6.05. The second-order valence-corrected chi connectivity index (χ2v) is 10.3. The number of benzene rings is 2. The third kappa shape index (κ3) is 4.74. The van der Waals surface area contributed by atoms with Crippen molar-refractivity contribution in [3.63, 3.8) is 0 Å². The van der Waals surface area contributed by atoms with Gasteiger partial charge in [-0.1, -0.05) is 30.3 Å². The fourth-order valence-electron chi connectivity index (χ4n) is 5.61. The van der Waals surface area contributed by atoms with Crippen molar-refractivity contribution in [1.82, 2.24) is 20.0 Å². The molecule has 0 spiro atoms. The van der Waals surface area contributed by atoms with Crippen LogP contribution in [-0.4, -0.2) is 51.9 Å². The Labute approximate surface area is 207 Å². The molecule has 3 heterocycles. The van der Waals surface area contributed by atoms with E-state index in [9.17, 15) is 18.0 Å². The molecule has 1 aliphatic carbocycles. The van der Waals surface area contributed by atoms with E-state index in [0.717, 1.165) is 48.0 Å². The van der Waals surface area contributed by atoms with Crippen LogP contribution in [0.4, 0.5) is 13.2 Å². The highest BCUT2D eigenvalue weighted by atomic mass is 19.4. The van der Waals surface area contributed by atoms with Crippen LogP contribution in [0.3, 0.4) is 0 Å². The maximum Gasteiger partial charge on any atom is 0.416 e. The summed E-state index contributed by atoms with van der Waals surface area (Å²) >= 11 is 0. The molecule has 6 rings (SSSR count). The molecule has 1 N–H and O–H groups in total. The number of hydrogen-bond acceptors (Lipinski definition) is 4. The maximum atomic E-state index is 13.3. The molecule has 6 nitrogen and oxygen atoms in total. The van der Waals surface area contributed by atoms with Crippen LogP contribution >= 0.6 is 0 Å². The molecule has 36 heavy (non-hydrogen) atoms. The molecule has 1 amide bonds. The van der Waals surface area contributed by atoms with Gasteiger partial charge in [0.15, 0.2) is 5.69 Å². The lowest BCUT2D eigenvalue weighted by Crippen LogP contribution is -2.60. The minimum Gasteiger partial charge on any atom is -0.378 e. The number of ether oxygens (including phenoxy) is 1. The van der Waals surface area contributed by atoms with Crippen molar-refractivity contribution < 1.29 is 22.7 Å². The highest BCUT2D eigenvalue weighted by Crippen LogP contribution is 2.33. The molecule has 2 saturated heterocycles. The number of nitrogens with zero attached hydrogens (tertiary/aromatic N) is 3. The molecule has 3 aromatic rings. The van der Waals surface area contributed by atoms with Crippen molar-refractivity contribution in [3.8, 4) is 0 Å². The Morgan fingerprint density at radius 1 is 1.03 bits per heavy atom. The monoisotopic (exact) mass is 498 g/mol. The molecule has 2 bridgehead atoms. The Bertz CT molecular complexity index is 1240. The highest BCUT2D eigenvalue weighted by Gasteiger charge is 2.40. The lowest BCUT2D eigenvalue weighted by Gasteiger charge is -2.48. The number of carbonyl (C=O) groups excluding carboxylic acids is 1. The van der Waals surface area contributed by atoms with Crippen LogP contribution < -0.4 is 5.32 Å². The quantitative estimate of drug-likeness (QED) is 0.539. The van der Waals surface area contributed by atoms with Gasteiger partial charge in [-0.3, -0.25) is 14.4 Å². The molecule has 2 unspecified atom stereocenters. The number of carbonyl (C=O) groups is 1. The minimum atomic E-state index is -4.33. The van der Waals surface area contributed by atoms with Gasteiger partial charge in [0.25, 0.3) is 5.91 Å². The SMILES string of the molecule is O=C(NC1CC2COCC(C1)N2Cc1ccc(C(F)(F)F)cc1)c1nn(CC2CC2)c2ccccc12. The Kier molecular flexibility index (Phi) is 6.00. The van der Waals surface area contributed by atoms with Gasteiger partial charge in [0.05, 0.1) is 24.3 Å². The number of alkyl halides is 3. The van der Waals surface area contributed by atoms with Crippen molar-refractivity contribution in [2.75, 3.05) is 13.2 Å². The number of halogens is 3. The van der Waals surface area contributed by atoms with E-state index < -0.39 is 11.7 Å². The third-order valence-electron chi connectivity index (χ3n) is 7.65. The molecular formula is C27H29F3N4O2. The lowest BCUT2D eigenvalue weighted by atomic mass is 9.89. The van der Waals surface area contributed by atoms with Gasteiger partial charge in [-0.2, -0.15) is 18.3 Å². The number of morpholine rings is 1. The van der Waals surface area contributed by atoms with E-state index in [-0.39, 0.29) is 24.0 Å². The summed E-state index contributed by atoms with van der Waals surface area (Å²) in [5.41, 5.74) is 1.67. The molecule has 0 radical (unpaired) electrons. The molecular weight excluding hydrogens is 469 g/mol. The summed E-state index contributed by atoms with van der Waals surface area (Å²) in [6, 6.07) is 13.4. The van der Waals surface area contributed by atoms with Crippen molar-refractivity contribution in [1.29, 1.82) is 0 Å². The van der Waals surface area contributed by atoms with Crippen molar-refractivity contribution in [2.24, 2.45) is 5.92 Å². The standard InChI is InChI=1S/C27H29F3N4O2/c28-27(29,30)19-9-7-17(8-10-19)13-33-21-11-20(12-22(33)16-36-15-21)31-26(35)25-23-3-1-2-4-24(23)34(32-25)14-18-5-6-18/h1-4,7-10,18,20-22H,5-6,11-16H2,(H,31,35). The van der Waals surface area contributed by atoms with Crippen molar-refractivity contribution in [2.45, 2.75) is 63.1 Å². The normalized spacial score (nSPS) is 24.7. The Morgan fingerprint density at radius 3 is 2.39 bits per heavy atom. The van der Waals surface area contributed by atoms with E-state index in [0.29, 0.717) is 31.4 Å². The summed E-state index contributed by atoms with van der Waals surface area (Å²) in [7, 11) is 0. The summed E-state index contributed by atoms with van der Waals surface area (Å²) in [6.07, 6.45) is -0.455. The predicted octanol–water partition coefficient (Wildman–Crippen LogP) is 4.63. The fourth-order valence-corrected chi connectivity index (χ4v) is 5.61. The molecule has 2 atom stereocenters. The number of fused-ring (bicyclic) bond motifs is 3. The van der Waals surface area contributed by atoms with E-state index in [1.165, 1.54) is 12.8 Å². The number of para-hydroxylation sites is 1. The summed E-state index contributed by atoms with van der Waals surface area (Å²) in [6.45, 7) is 2.50. The molecule has 3 aliphatic rings. The van der Waals surface area contributed by atoms with E-state index in [2.05, 4.69) is 10.2 Å². The Balaban J connectivity index is 1.14. The summed E-state index contributed by atoms with van der Waals surface area (Å²) in [5, 5.41) is 8.79. The van der Waals surface area contributed by atoms with Gasteiger partial charge < -0.3 is 10.1 Å². The van der Waals surface area contributed by atoms with Gasteiger partial charge in [0.1, 0.15) is 0 Å². The van der Waals surface area contributed by atoms with Gasteiger partial charge in [0.2, 0.25) is 0 Å². The minimum absolute atomic E-state index is 0.00685. The first kappa shape index (κ1) is 23.5. The average molecular weight is 499 g/mol. The fraction of sp³-hybridized carbons (Fsp3) is 0.481. The van der Waals surface area contributed by atoms with E-state index in [1.54, 1.807) is 12.1 Å². The van der Waals surface area contributed by atoms with Crippen LogP contribution in [0.2, 0.25) is 0 Å². The van der Waals surface area contributed by atoms with Crippen LogP contribution in [0.25, 0.3) is 10.9 Å². The zero-order valence-electron chi connectivity index (χ0n) is 19.9.